The number of hydrogen-bond donors (Lipinski definition) is 2. The van der Waals surface area contributed by atoms with Crippen molar-refractivity contribution in [3.8, 4) is 0 Å². The van der Waals surface area contributed by atoms with E-state index in [9.17, 15) is 19.2 Å². The number of benzene rings is 1. The van der Waals surface area contributed by atoms with Gasteiger partial charge in [-0.2, -0.15) is 0 Å². The number of rotatable bonds is 8. The molecule has 146 valence electrons. The number of carbonyl (C=O) groups excluding carboxylic acids is 4. The zero-order valence-corrected chi connectivity index (χ0v) is 15.8. The molecule has 4 amide bonds. The molecular weight excluding hydrogens is 350 g/mol. The first-order valence-corrected chi connectivity index (χ1v) is 8.87. The summed E-state index contributed by atoms with van der Waals surface area (Å²) in [6.07, 6.45) is 1.08. The first kappa shape index (κ1) is 20.4. The molecule has 0 radical (unpaired) electrons. The van der Waals surface area contributed by atoms with Crippen molar-refractivity contribution in [2.45, 2.75) is 39.2 Å². The van der Waals surface area contributed by atoms with E-state index in [-0.39, 0.29) is 0 Å². The summed E-state index contributed by atoms with van der Waals surface area (Å²) in [5.41, 5.74) is 1.27. The number of ether oxygens (including phenoxy) is 1. The lowest BCUT2D eigenvalue weighted by atomic mass is 9.99. The molecule has 1 aromatic carbocycles. The number of hydrogen-bond acceptors (Lipinski definition) is 5. The number of nitrogens with zero attached hydrogens (tertiary/aromatic N) is 1. The Kier molecular flexibility index (Phi) is 6.55. The van der Waals surface area contributed by atoms with Gasteiger partial charge >= 0.3 is 12.0 Å². The SMILES string of the molecule is CCC1(C)NC(=O)N(CC(=O)OCC(=O)NCCc2ccccc2C)C1=O. The van der Waals surface area contributed by atoms with Crippen molar-refractivity contribution in [1.82, 2.24) is 15.5 Å². The van der Waals surface area contributed by atoms with Crippen LogP contribution in [0.5, 0.6) is 0 Å². The van der Waals surface area contributed by atoms with E-state index in [4.69, 9.17) is 4.74 Å². The topological polar surface area (TPSA) is 105 Å². The Hall–Kier alpha value is -2.90. The molecule has 1 unspecified atom stereocenters. The largest absolute Gasteiger partial charge is 0.454 e. The fourth-order valence-corrected chi connectivity index (χ4v) is 2.73. The van der Waals surface area contributed by atoms with E-state index in [0.717, 1.165) is 16.0 Å². The molecule has 1 aliphatic rings. The second kappa shape index (κ2) is 8.66. The van der Waals surface area contributed by atoms with Crippen LogP contribution in [-0.2, 0) is 25.5 Å². The van der Waals surface area contributed by atoms with Gasteiger partial charge in [0.15, 0.2) is 6.61 Å². The van der Waals surface area contributed by atoms with Gasteiger partial charge in [-0.3, -0.25) is 19.3 Å². The second-order valence-electron chi connectivity index (χ2n) is 6.69. The van der Waals surface area contributed by atoms with Gasteiger partial charge in [-0.25, -0.2) is 4.79 Å². The van der Waals surface area contributed by atoms with Gasteiger partial charge < -0.3 is 15.4 Å². The van der Waals surface area contributed by atoms with E-state index in [1.165, 1.54) is 0 Å². The maximum Gasteiger partial charge on any atom is 0.326 e. The van der Waals surface area contributed by atoms with Crippen molar-refractivity contribution >= 4 is 23.8 Å². The highest BCUT2D eigenvalue weighted by molar-refractivity contribution is 6.08. The number of esters is 1. The van der Waals surface area contributed by atoms with Gasteiger partial charge in [-0.15, -0.1) is 0 Å². The van der Waals surface area contributed by atoms with Crippen LogP contribution in [0.2, 0.25) is 0 Å². The zero-order valence-electron chi connectivity index (χ0n) is 15.8. The fraction of sp³-hybridized carbons (Fsp3) is 0.474. The van der Waals surface area contributed by atoms with Crippen molar-refractivity contribution in [2.75, 3.05) is 19.7 Å². The second-order valence-corrected chi connectivity index (χ2v) is 6.69. The van der Waals surface area contributed by atoms with E-state index in [1.54, 1.807) is 13.8 Å². The molecule has 0 spiro atoms. The van der Waals surface area contributed by atoms with Gasteiger partial charge in [0.25, 0.3) is 11.8 Å². The van der Waals surface area contributed by atoms with Crippen molar-refractivity contribution in [3.05, 3.63) is 35.4 Å². The summed E-state index contributed by atoms with van der Waals surface area (Å²) in [5.74, 6) is -1.73. The van der Waals surface area contributed by atoms with Crippen LogP contribution in [0.1, 0.15) is 31.4 Å². The van der Waals surface area contributed by atoms with E-state index in [1.807, 2.05) is 31.2 Å². The summed E-state index contributed by atoms with van der Waals surface area (Å²) in [6, 6.07) is 7.24. The molecule has 0 aromatic heterocycles. The smallest absolute Gasteiger partial charge is 0.326 e. The number of urea groups is 1. The number of aryl methyl sites for hydroxylation is 1. The lowest BCUT2D eigenvalue weighted by Crippen LogP contribution is -2.43. The number of imide groups is 1. The van der Waals surface area contributed by atoms with Gasteiger partial charge in [0.1, 0.15) is 12.1 Å². The molecule has 1 atom stereocenters. The Morgan fingerprint density at radius 3 is 2.59 bits per heavy atom. The Morgan fingerprint density at radius 1 is 1.26 bits per heavy atom. The lowest BCUT2D eigenvalue weighted by molar-refractivity contribution is -0.151. The molecule has 1 fully saturated rings. The van der Waals surface area contributed by atoms with Crippen LogP contribution in [-0.4, -0.2) is 54.0 Å². The third-order valence-corrected chi connectivity index (χ3v) is 4.68. The fourth-order valence-electron chi connectivity index (χ4n) is 2.73. The highest BCUT2D eigenvalue weighted by Crippen LogP contribution is 2.20. The Labute approximate surface area is 158 Å². The van der Waals surface area contributed by atoms with Crippen molar-refractivity contribution in [1.29, 1.82) is 0 Å². The molecule has 8 nitrogen and oxygen atoms in total. The number of carbonyl (C=O) groups is 4. The van der Waals surface area contributed by atoms with E-state index in [0.29, 0.717) is 19.4 Å². The normalized spacial score (nSPS) is 19.0. The third kappa shape index (κ3) is 5.06. The summed E-state index contributed by atoms with van der Waals surface area (Å²) >= 11 is 0. The quantitative estimate of drug-likeness (QED) is 0.519. The maximum atomic E-state index is 12.2. The van der Waals surface area contributed by atoms with Gasteiger partial charge in [-0.05, 0) is 37.8 Å². The molecule has 1 aromatic rings. The minimum atomic E-state index is -1.01. The predicted molar refractivity (Wildman–Crippen MR) is 97.8 cm³/mol. The lowest BCUT2D eigenvalue weighted by Gasteiger charge is -2.18. The summed E-state index contributed by atoms with van der Waals surface area (Å²) in [4.78, 5) is 48.5. The molecular formula is C19H25N3O5. The molecule has 0 saturated carbocycles. The molecule has 0 aliphatic carbocycles. The standard InChI is InChI=1S/C19H25N3O5/c1-4-19(3)17(25)22(18(26)21-19)11-16(24)27-12-15(23)20-10-9-14-8-6-5-7-13(14)2/h5-8H,4,9-12H2,1-3H3,(H,20,23)(H,21,26). The summed E-state index contributed by atoms with van der Waals surface area (Å²) in [6.45, 7) is 4.81. The summed E-state index contributed by atoms with van der Waals surface area (Å²) < 4.78 is 4.87. The van der Waals surface area contributed by atoms with Crippen LogP contribution >= 0.6 is 0 Å². The minimum absolute atomic E-state index is 0.409. The third-order valence-electron chi connectivity index (χ3n) is 4.68. The number of nitrogens with one attached hydrogen (secondary N) is 2. The summed E-state index contributed by atoms with van der Waals surface area (Å²) in [7, 11) is 0. The molecule has 1 heterocycles. The zero-order chi connectivity index (χ0) is 20.0. The predicted octanol–water partition coefficient (Wildman–Crippen LogP) is 0.917. The van der Waals surface area contributed by atoms with Crippen LogP contribution in [0.4, 0.5) is 4.79 Å². The summed E-state index contributed by atoms with van der Waals surface area (Å²) in [5, 5.41) is 5.22. The van der Waals surface area contributed by atoms with Crippen molar-refractivity contribution < 1.29 is 23.9 Å². The van der Waals surface area contributed by atoms with Crippen LogP contribution in [0.15, 0.2) is 24.3 Å². The Balaban J connectivity index is 1.72. The minimum Gasteiger partial charge on any atom is -0.454 e. The molecule has 2 N–H and O–H groups in total. The molecule has 8 heteroatoms. The first-order chi connectivity index (χ1) is 12.8. The van der Waals surface area contributed by atoms with Crippen molar-refractivity contribution in [2.24, 2.45) is 0 Å². The van der Waals surface area contributed by atoms with E-state index < -0.39 is 42.5 Å². The van der Waals surface area contributed by atoms with Gasteiger partial charge in [0.05, 0.1) is 0 Å². The van der Waals surface area contributed by atoms with Crippen LogP contribution < -0.4 is 10.6 Å². The Morgan fingerprint density at radius 2 is 1.96 bits per heavy atom. The number of amides is 4. The maximum absolute atomic E-state index is 12.2. The molecule has 0 bridgehead atoms. The van der Waals surface area contributed by atoms with Gasteiger partial charge in [-0.1, -0.05) is 31.2 Å². The van der Waals surface area contributed by atoms with Gasteiger partial charge in [0.2, 0.25) is 0 Å². The first-order valence-electron chi connectivity index (χ1n) is 8.87. The van der Waals surface area contributed by atoms with Crippen LogP contribution in [0, 0.1) is 6.92 Å². The van der Waals surface area contributed by atoms with Crippen LogP contribution in [0.3, 0.4) is 0 Å². The van der Waals surface area contributed by atoms with E-state index >= 15 is 0 Å². The average molecular weight is 375 g/mol. The Bertz CT molecular complexity index is 749. The monoisotopic (exact) mass is 375 g/mol. The molecule has 2 rings (SSSR count). The highest BCUT2D eigenvalue weighted by atomic mass is 16.5. The molecule has 27 heavy (non-hydrogen) atoms. The molecule has 1 saturated heterocycles. The average Bonchev–Trinajstić information content (AvgIpc) is 2.85. The van der Waals surface area contributed by atoms with Crippen LogP contribution in [0.25, 0.3) is 0 Å². The van der Waals surface area contributed by atoms with Crippen molar-refractivity contribution in [3.63, 3.8) is 0 Å². The molecule has 1 aliphatic heterocycles. The van der Waals surface area contributed by atoms with E-state index in [2.05, 4.69) is 10.6 Å². The highest BCUT2D eigenvalue weighted by Gasteiger charge is 2.47. The van der Waals surface area contributed by atoms with Gasteiger partial charge in [0, 0.05) is 6.54 Å².